The number of hydrogen-bond acceptors (Lipinski definition) is 5. The molecule has 1 aliphatic heterocycles. The van der Waals surface area contributed by atoms with Gasteiger partial charge in [-0.2, -0.15) is 0 Å². The Morgan fingerprint density at radius 2 is 1.91 bits per heavy atom. The van der Waals surface area contributed by atoms with Gasteiger partial charge in [-0.25, -0.2) is 4.98 Å². The summed E-state index contributed by atoms with van der Waals surface area (Å²) in [6.45, 7) is 2.69. The number of benzene rings is 1. The highest BCUT2D eigenvalue weighted by atomic mass is 35.5. The van der Waals surface area contributed by atoms with Gasteiger partial charge in [-0.15, -0.1) is 0 Å². The van der Waals surface area contributed by atoms with Gasteiger partial charge in [0.2, 0.25) is 0 Å². The molecule has 0 unspecified atom stereocenters. The number of aromatic nitrogens is 2. The van der Waals surface area contributed by atoms with Gasteiger partial charge in [-0.3, -0.25) is 9.78 Å². The molecule has 3 aromatic rings. The van der Waals surface area contributed by atoms with Gasteiger partial charge >= 0.3 is 0 Å². The standard InChI is InChI=1S/C24H25Cl2N5O/c25-19-4-1-3-18(13-19)24(32)30-22-14-20(26)15-29-23(22)31-11-7-17(8-12-31)6-10-28-21-5-2-9-27-16-21/h1-5,9,13-17,28H,6-8,10-12H2,(H,30,32). The minimum absolute atomic E-state index is 0.242. The van der Waals surface area contributed by atoms with Crippen molar-refractivity contribution in [2.24, 2.45) is 5.92 Å². The van der Waals surface area contributed by atoms with Crippen LogP contribution in [0.25, 0.3) is 0 Å². The predicted octanol–water partition coefficient (Wildman–Crippen LogP) is 5.75. The molecule has 6 nitrogen and oxygen atoms in total. The van der Waals surface area contributed by atoms with Gasteiger partial charge in [0.1, 0.15) is 0 Å². The summed E-state index contributed by atoms with van der Waals surface area (Å²) in [5, 5.41) is 7.38. The largest absolute Gasteiger partial charge is 0.384 e. The lowest BCUT2D eigenvalue weighted by Gasteiger charge is -2.34. The average Bonchev–Trinajstić information content (AvgIpc) is 2.80. The fourth-order valence-corrected chi connectivity index (χ4v) is 4.27. The van der Waals surface area contributed by atoms with E-state index in [1.807, 2.05) is 18.3 Å². The molecule has 3 heterocycles. The van der Waals surface area contributed by atoms with Crippen LogP contribution in [0.15, 0.2) is 61.1 Å². The van der Waals surface area contributed by atoms with Gasteiger partial charge in [0.25, 0.3) is 5.91 Å². The molecule has 1 fully saturated rings. The van der Waals surface area contributed by atoms with Crippen molar-refractivity contribution < 1.29 is 4.79 Å². The molecule has 0 aliphatic carbocycles. The van der Waals surface area contributed by atoms with E-state index in [-0.39, 0.29) is 5.91 Å². The van der Waals surface area contributed by atoms with Crippen molar-refractivity contribution in [3.8, 4) is 0 Å². The van der Waals surface area contributed by atoms with E-state index in [1.54, 1.807) is 42.7 Å². The lowest BCUT2D eigenvalue weighted by molar-refractivity contribution is 0.102. The Labute approximate surface area is 198 Å². The lowest BCUT2D eigenvalue weighted by Crippen LogP contribution is -2.35. The Bertz CT molecular complexity index is 1060. The van der Waals surface area contributed by atoms with Gasteiger partial charge in [0.05, 0.1) is 16.4 Å². The Morgan fingerprint density at radius 1 is 1.06 bits per heavy atom. The van der Waals surface area contributed by atoms with E-state index in [0.29, 0.717) is 27.2 Å². The van der Waals surface area contributed by atoms with Gasteiger partial charge < -0.3 is 15.5 Å². The molecule has 1 aliphatic rings. The quantitative estimate of drug-likeness (QED) is 0.460. The van der Waals surface area contributed by atoms with E-state index >= 15 is 0 Å². The van der Waals surface area contributed by atoms with Gasteiger partial charge in [0, 0.05) is 48.8 Å². The number of nitrogens with one attached hydrogen (secondary N) is 2. The maximum atomic E-state index is 12.7. The second-order valence-electron chi connectivity index (χ2n) is 7.88. The van der Waals surface area contributed by atoms with Crippen LogP contribution in [-0.4, -0.2) is 35.5 Å². The summed E-state index contributed by atoms with van der Waals surface area (Å²) >= 11 is 12.2. The first kappa shape index (κ1) is 22.4. The molecule has 8 heteroatoms. The van der Waals surface area contributed by atoms with E-state index in [1.165, 1.54) is 0 Å². The van der Waals surface area contributed by atoms with Gasteiger partial charge in [-0.1, -0.05) is 29.3 Å². The summed E-state index contributed by atoms with van der Waals surface area (Å²) in [7, 11) is 0. The summed E-state index contributed by atoms with van der Waals surface area (Å²) in [5.41, 5.74) is 2.15. The highest BCUT2D eigenvalue weighted by Crippen LogP contribution is 2.31. The van der Waals surface area contributed by atoms with Crippen LogP contribution < -0.4 is 15.5 Å². The Balaban J connectivity index is 1.35. The van der Waals surface area contributed by atoms with Crippen molar-refractivity contribution in [3.05, 3.63) is 76.7 Å². The maximum Gasteiger partial charge on any atom is 0.255 e. The van der Waals surface area contributed by atoms with Crippen LogP contribution in [0.1, 0.15) is 29.6 Å². The molecule has 0 spiro atoms. The summed E-state index contributed by atoms with van der Waals surface area (Å²) < 4.78 is 0. The van der Waals surface area contributed by atoms with Crippen LogP contribution in [0, 0.1) is 5.92 Å². The van der Waals surface area contributed by atoms with Crippen LogP contribution >= 0.6 is 23.2 Å². The predicted molar refractivity (Wildman–Crippen MR) is 131 cm³/mol. The van der Waals surface area contributed by atoms with Crippen LogP contribution in [0.3, 0.4) is 0 Å². The average molecular weight is 470 g/mol. The van der Waals surface area contributed by atoms with Crippen LogP contribution in [0.5, 0.6) is 0 Å². The van der Waals surface area contributed by atoms with Crippen molar-refractivity contribution in [1.29, 1.82) is 0 Å². The first-order chi connectivity index (χ1) is 15.6. The van der Waals surface area contributed by atoms with Gasteiger partial charge in [-0.05, 0) is 61.6 Å². The summed E-state index contributed by atoms with van der Waals surface area (Å²) in [6.07, 6.45) is 8.48. The number of amides is 1. The first-order valence-corrected chi connectivity index (χ1v) is 11.5. The third-order valence-electron chi connectivity index (χ3n) is 5.63. The highest BCUT2D eigenvalue weighted by Gasteiger charge is 2.23. The minimum atomic E-state index is -0.242. The molecule has 4 rings (SSSR count). The van der Waals surface area contributed by atoms with Crippen molar-refractivity contribution in [3.63, 3.8) is 0 Å². The smallest absolute Gasteiger partial charge is 0.255 e. The number of anilines is 3. The zero-order valence-corrected chi connectivity index (χ0v) is 19.1. The molecule has 1 aromatic carbocycles. The molecule has 2 aromatic heterocycles. The number of rotatable bonds is 7. The molecule has 166 valence electrons. The van der Waals surface area contributed by atoms with Crippen molar-refractivity contribution in [2.75, 3.05) is 35.2 Å². The van der Waals surface area contributed by atoms with Crippen molar-refractivity contribution >= 4 is 46.3 Å². The topological polar surface area (TPSA) is 70.2 Å². The number of carbonyl (C=O) groups excluding carboxylic acids is 1. The van der Waals surface area contributed by atoms with E-state index in [9.17, 15) is 4.79 Å². The Hall–Kier alpha value is -2.83. The van der Waals surface area contributed by atoms with Gasteiger partial charge in [0.15, 0.2) is 5.82 Å². The number of pyridine rings is 2. The summed E-state index contributed by atoms with van der Waals surface area (Å²) in [6, 6.07) is 12.6. The SMILES string of the molecule is O=C(Nc1cc(Cl)cnc1N1CCC(CCNc2cccnc2)CC1)c1cccc(Cl)c1. The summed E-state index contributed by atoms with van der Waals surface area (Å²) in [4.78, 5) is 23.6. The fraction of sp³-hybridized carbons (Fsp3) is 0.292. The lowest BCUT2D eigenvalue weighted by atomic mass is 9.93. The minimum Gasteiger partial charge on any atom is -0.384 e. The number of hydrogen-bond donors (Lipinski definition) is 2. The summed E-state index contributed by atoms with van der Waals surface area (Å²) in [5.74, 6) is 1.15. The highest BCUT2D eigenvalue weighted by molar-refractivity contribution is 6.31. The van der Waals surface area contributed by atoms with E-state index in [4.69, 9.17) is 23.2 Å². The zero-order chi connectivity index (χ0) is 22.3. The molecule has 32 heavy (non-hydrogen) atoms. The number of halogens is 2. The van der Waals surface area contributed by atoms with Crippen molar-refractivity contribution in [2.45, 2.75) is 19.3 Å². The second-order valence-corrected chi connectivity index (χ2v) is 8.75. The fourth-order valence-electron chi connectivity index (χ4n) is 3.92. The number of piperidine rings is 1. The zero-order valence-electron chi connectivity index (χ0n) is 17.6. The normalized spacial score (nSPS) is 14.2. The van der Waals surface area contributed by atoms with Crippen LogP contribution in [-0.2, 0) is 0 Å². The molecule has 0 bridgehead atoms. The Kier molecular flexibility index (Phi) is 7.45. The molecule has 0 atom stereocenters. The molecular formula is C24H25Cl2N5O. The first-order valence-electron chi connectivity index (χ1n) is 10.7. The second kappa shape index (κ2) is 10.7. The molecule has 1 saturated heterocycles. The van der Waals surface area contributed by atoms with Crippen molar-refractivity contribution in [1.82, 2.24) is 9.97 Å². The molecule has 0 saturated carbocycles. The number of nitrogens with zero attached hydrogens (tertiary/aromatic N) is 3. The monoisotopic (exact) mass is 469 g/mol. The molecular weight excluding hydrogens is 445 g/mol. The number of carbonyl (C=O) groups is 1. The van der Waals surface area contributed by atoms with Crippen LogP contribution in [0.4, 0.5) is 17.2 Å². The van der Waals surface area contributed by atoms with Crippen LogP contribution in [0.2, 0.25) is 10.0 Å². The van der Waals surface area contributed by atoms with E-state index in [2.05, 4.69) is 25.5 Å². The maximum absolute atomic E-state index is 12.7. The van der Waals surface area contributed by atoms with E-state index in [0.717, 1.165) is 50.4 Å². The third kappa shape index (κ3) is 5.90. The molecule has 2 N–H and O–H groups in total. The Morgan fingerprint density at radius 3 is 2.66 bits per heavy atom. The van der Waals surface area contributed by atoms with E-state index < -0.39 is 0 Å². The third-order valence-corrected chi connectivity index (χ3v) is 6.07. The molecule has 0 radical (unpaired) electrons. The molecule has 1 amide bonds.